The number of carbonyl (C=O) groups is 1. The zero-order valence-electron chi connectivity index (χ0n) is 15.6. The van der Waals surface area contributed by atoms with E-state index in [9.17, 15) is 4.79 Å². The molecule has 2 atom stereocenters. The predicted molar refractivity (Wildman–Crippen MR) is 113 cm³/mol. The number of piperidine rings is 1. The van der Waals surface area contributed by atoms with Crippen LogP contribution in [-0.2, 0) is 4.79 Å². The van der Waals surface area contributed by atoms with Gasteiger partial charge in [0.15, 0.2) is 5.82 Å². The highest BCUT2D eigenvalue weighted by atomic mass is 35.5. The Balaban J connectivity index is 0.00000182. The molecule has 6 nitrogen and oxygen atoms in total. The molecule has 2 unspecified atom stereocenters. The Labute approximate surface area is 173 Å². The first-order valence-electron chi connectivity index (χ1n) is 8.67. The molecule has 0 bridgehead atoms. The number of rotatable bonds is 4. The van der Waals surface area contributed by atoms with E-state index in [1.165, 1.54) is 0 Å². The maximum Gasteiger partial charge on any atom is 0.244 e. The van der Waals surface area contributed by atoms with Crippen LogP contribution < -0.4 is 10.6 Å². The molecule has 1 saturated heterocycles. The van der Waals surface area contributed by atoms with Gasteiger partial charge < -0.3 is 15.5 Å². The number of likely N-dealkylation sites (N-methyl/N-ethyl adjacent to an activating group) is 1. The van der Waals surface area contributed by atoms with Crippen LogP contribution in [0.5, 0.6) is 0 Å². The Morgan fingerprint density at radius 2 is 1.96 bits per heavy atom. The number of hydrogen-bond acceptors (Lipinski definition) is 5. The molecule has 27 heavy (non-hydrogen) atoms. The van der Waals surface area contributed by atoms with Crippen molar-refractivity contribution in [2.45, 2.75) is 31.8 Å². The van der Waals surface area contributed by atoms with Crippen molar-refractivity contribution < 1.29 is 4.79 Å². The van der Waals surface area contributed by atoms with Crippen molar-refractivity contribution in [3.63, 3.8) is 0 Å². The fraction of sp³-hybridized carbons (Fsp3) is 0.421. The average Bonchev–Trinajstić information content (AvgIpc) is 2.67. The second kappa shape index (κ2) is 10.4. The molecule has 1 fully saturated rings. The maximum atomic E-state index is 12.8. The molecule has 1 amide bonds. The van der Waals surface area contributed by atoms with Crippen molar-refractivity contribution in [1.82, 2.24) is 15.1 Å². The number of nitrogens with zero attached hydrogens (tertiary/aromatic N) is 4. The van der Waals surface area contributed by atoms with Crippen LogP contribution in [-0.4, -0.2) is 47.2 Å². The molecule has 3 rings (SSSR count). The first-order valence-corrected chi connectivity index (χ1v) is 8.67. The lowest BCUT2D eigenvalue weighted by atomic mass is 10.0. The fourth-order valence-corrected chi connectivity index (χ4v) is 3.26. The molecule has 1 aliphatic heterocycles. The van der Waals surface area contributed by atoms with E-state index in [0.29, 0.717) is 0 Å². The van der Waals surface area contributed by atoms with Gasteiger partial charge in [0.25, 0.3) is 0 Å². The summed E-state index contributed by atoms with van der Waals surface area (Å²) in [5.74, 6) is 0.811. The Morgan fingerprint density at radius 1 is 1.26 bits per heavy atom. The van der Waals surface area contributed by atoms with Gasteiger partial charge >= 0.3 is 0 Å². The first-order chi connectivity index (χ1) is 12.1. The highest BCUT2D eigenvalue weighted by Gasteiger charge is 2.29. The molecule has 2 heterocycles. The smallest absolute Gasteiger partial charge is 0.244 e. The lowest BCUT2D eigenvalue weighted by molar-refractivity contribution is -0.133. The third kappa shape index (κ3) is 5.54. The van der Waals surface area contributed by atoms with Crippen molar-refractivity contribution in [2.75, 3.05) is 25.0 Å². The molecule has 1 aromatic carbocycles. The molecule has 8 heteroatoms. The quantitative estimate of drug-likeness (QED) is 0.836. The standard InChI is InChI=1S/C19H25N5O.2ClH/c1-14-7-9-15(10-8-14)18(20)19(25)23(2)16-5-4-12-24(13-16)17-6-3-11-21-22-17;;/h3,6-11,16,18H,4-5,12-13,20H2,1-2H3;2*1H. The van der Waals surface area contributed by atoms with E-state index in [2.05, 4.69) is 15.1 Å². The van der Waals surface area contributed by atoms with Gasteiger partial charge in [0, 0.05) is 32.4 Å². The number of carbonyl (C=O) groups excluding carboxylic acids is 1. The monoisotopic (exact) mass is 411 g/mol. The third-order valence-electron chi connectivity index (χ3n) is 4.88. The summed E-state index contributed by atoms with van der Waals surface area (Å²) in [5.41, 5.74) is 8.22. The number of aromatic nitrogens is 2. The number of aryl methyl sites for hydroxylation is 1. The van der Waals surface area contributed by atoms with Crippen molar-refractivity contribution in [2.24, 2.45) is 5.73 Å². The normalized spacial score (nSPS) is 17.3. The fourth-order valence-electron chi connectivity index (χ4n) is 3.26. The SMILES string of the molecule is Cc1ccc(C(N)C(=O)N(C)C2CCCN(c3cccnn3)C2)cc1.Cl.Cl. The average molecular weight is 412 g/mol. The highest BCUT2D eigenvalue weighted by Crippen LogP contribution is 2.22. The molecule has 2 N–H and O–H groups in total. The topological polar surface area (TPSA) is 75.4 Å². The molecule has 0 spiro atoms. The number of anilines is 1. The minimum absolute atomic E-state index is 0. The largest absolute Gasteiger partial charge is 0.353 e. The number of halogens is 2. The second-order valence-corrected chi connectivity index (χ2v) is 6.66. The van der Waals surface area contributed by atoms with Crippen LogP contribution in [0, 0.1) is 6.92 Å². The molecule has 2 aromatic rings. The molecular formula is C19H27Cl2N5O. The van der Waals surface area contributed by atoms with Gasteiger partial charge in [-0.3, -0.25) is 4.79 Å². The van der Waals surface area contributed by atoms with Crippen LogP contribution in [0.15, 0.2) is 42.6 Å². The van der Waals surface area contributed by atoms with E-state index < -0.39 is 6.04 Å². The molecular weight excluding hydrogens is 385 g/mol. The molecule has 0 aliphatic carbocycles. The minimum atomic E-state index is -0.627. The Hall–Kier alpha value is -1.89. The lowest BCUT2D eigenvalue weighted by Gasteiger charge is -2.38. The lowest BCUT2D eigenvalue weighted by Crippen LogP contribution is -2.50. The van der Waals surface area contributed by atoms with Crippen LogP contribution in [0.3, 0.4) is 0 Å². The predicted octanol–water partition coefficient (Wildman–Crippen LogP) is 2.76. The van der Waals surface area contributed by atoms with E-state index >= 15 is 0 Å². The summed E-state index contributed by atoms with van der Waals surface area (Å²) >= 11 is 0. The highest BCUT2D eigenvalue weighted by molar-refractivity contribution is 5.85. The molecule has 0 saturated carbocycles. The van der Waals surface area contributed by atoms with Gasteiger partial charge in [-0.1, -0.05) is 29.8 Å². The van der Waals surface area contributed by atoms with Crippen molar-refractivity contribution in [3.05, 3.63) is 53.7 Å². The van der Waals surface area contributed by atoms with Gasteiger partial charge in [-0.25, -0.2) is 0 Å². The van der Waals surface area contributed by atoms with Gasteiger partial charge in [0.1, 0.15) is 6.04 Å². The zero-order chi connectivity index (χ0) is 17.8. The van der Waals surface area contributed by atoms with Crippen LogP contribution in [0.1, 0.15) is 30.0 Å². The van der Waals surface area contributed by atoms with Crippen LogP contribution >= 0.6 is 24.8 Å². The maximum absolute atomic E-state index is 12.8. The number of nitrogens with two attached hydrogens (primary N) is 1. The van der Waals surface area contributed by atoms with Crippen molar-refractivity contribution in [1.29, 1.82) is 0 Å². The van der Waals surface area contributed by atoms with Crippen LogP contribution in [0.2, 0.25) is 0 Å². The van der Waals surface area contributed by atoms with Crippen molar-refractivity contribution >= 4 is 36.5 Å². The summed E-state index contributed by atoms with van der Waals surface area (Å²) < 4.78 is 0. The zero-order valence-corrected chi connectivity index (χ0v) is 17.2. The summed E-state index contributed by atoms with van der Waals surface area (Å²) in [6.07, 6.45) is 3.65. The van der Waals surface area contributed by atoms with E-state index in [4.69, 9.17) is 5.73 Å². The van der Waals surface area contributed by atoms with Gasteiger partial charge in [0.05, 0.1) is 0 Å². The van der Waals surface area contributed by atoms with Gasteiger partial charge in [0.2, 0.25) is 5.91 Å². The number of amides is 1. The van der Waals surface area contributed by atoms with Gasteiger partial charge in [-0.2, -0.15) is 5.10 Å². The summed E-state index contributed by atoms with van der Waals surface area (Å²) in [6.45, 7) is 3.70. The Morgan fingerprint density at radius 3 is 2.59 bits per heavy atom. The summed E-state index contributed by atoms with van der Waals surface area (Å²) in [7, 11) is 1.85. The molecule has 1 aromatic heterocycles. The van der Waals surface area contributed by atoms with E-state index in [1.54, 1.807) is 11.1 Å². The van der Waals surface area contributed by atoms with E-state index in [1.807, 2.05) is 50.4 Å². The molecule has 0 radical (unpaired) electrons. The second-order valence-electron chi connectivity index (χ2n) is 6.66. The van der Waals surface area contributed by atoms with Gasteiger partial charge in [-0.15, -0.1) is 29.9 Å². The summed E-state index contributed by atoms with van der Waals surface area (Å²) in [4.78, 5) is 16.8. The Kier molecular flexibility index (Phi) is 8.96. The summed E-state index contributed by atoms with van der Waals surface area (Å²) in [5, 5.41) is 8.13. The van der Waals surface area contributed by atoms with Gasteiger partial charge in [-0.05, 0) is 37.5 Å². The summed E-state index contributed by atoms with van der Waals surface area (Å²) in [6, 6.07) is 11.2. The number of benzene rings is 1. The first kappa shape index (κ1) is 23.1. The van der Waals surface area contributed by atoms with Crippen LogP contribution in [0.25, 0.3) is 0 Å². The van der Waals surface area contributed by atoms with E-state index in [0.717, 1.165) is 42.9 Å². The van der Waals surface area contributed by atoms with E-state index in [-0.39, 0.29) is 36.8 Å². The molecule has 1 aliphatic rings. The van der Waals surface area contributed by atoms with Crippen molar-refractivity contribution in [3.8, 4) is 0 Å². The number of hydrogen-bond donors (Lipinski definition) is 1. The van der Waals surface area contributed by atoms with Crippen LogP contribution in [0.4, 0.5) is 5.82 Å². The minimum Gasteiger partial charge on any atom is -0.353 e. The third-order valence-corrected chi connectivity index (χ3v) is 4.88. The molecule has 148 valence electrons. The Bertz CT molecular complexity index is 714.